The van der Waals surface area contributed by atoms with Crippen LogP contribution in [0.15, 0.2) is 66.9 Å². The first-order chi connectivity index (χ1) is 17.8. The summed E-state index contributed by atoms with van der Waals surface area (Å²) in [5, 5.41) is 4.37. The van der Waals surface area contributed by atoms with Crippen LogP contribution < -0.4 is 10.1 Å². The molecule has 5 nitrogen and oxygen atoms in total. The lowest BCUT2D eigenvalue weighted by Gasteiger charge is -2.13. The largest absolute Gasteiger partial charge is 0.484 e. The van der Waals surface area contributed by atoms with Crippen LogP contribution in [0.25, 0.3) is 10.9 Å². The summed E-state index contributed by atoms with van der Waals surface area (Å²) in [5.74, 6) is 0.481. The summed E-state index contributed by atoms with van der Waals surface area (Å²) in [5.41, 5.74) is 6.08. The molecule has 0 bridgehead atoms. The quantitative estimate of drug-likeness (QED) is 0.258. The minimum atomic E-state index is -4.37. The summed E-state index contributed by atoms with van der Waals surface area (Å²) in [6, 6.07) is 19.1. The first kappa shape index (κ1) is 23.5. The first-order valence-corrected chi connectivity index (χ1v) is 12.2. The molecular formula is C29H25F3N2O3. The molecule has 8 heteroatoms. The van der Waals surface area contributed by atoms with Crippen molar-refractivity contribution in [3.8, 4) is 5.75 Å². The molecule has 1 unspecified atom stereocenters. The number of ether oxygens (including phenoxy) is 2. The van der Waals surface area contributed by atoms with Gasteiger partial charge < -0.3 is 19.4 Å². The van der Waals surface area contributed by atoms with Gasteiger partial charge in [0, 0.05) is 40.8 Å². The number of carbonyl (C=O) groups excluding carboxylic acids is 1. The van der Waals surface area contributed by atoms with E-state index in [-0.39, 0.29) is 11.9 Å². The molecule has 37 heavy (non-hydrogen) atoms. The van der Waals surface area contributed by atoms with Gasteiger partial charge in [-0.15, -0.1) is 0 Å². The molecule has 1 atom stereocenters. The van der Waals surface area contributed by atoms with Gasteiger partial charge in [-0.25, -0.2) is 4.79 Å². The Bertz CT molecular complexity index is 1500. The average molecular weight is 507 g/mol. The van der Waals surface area contributed by atoms with E-state index in [9.17, 15) is 18.0 Å². The van der Waals surface area contributed by atoms with Crippen LogP contribution in [0, 0.1) is 0 Å². The van der Waals surface area contributed by atoms with E-state index in [1.54, 1.807) is 12.1 Å². The average Bonchev–Trinajstić information content (AvgIpc) is 3.80. The monoisotopic (exact) mass is 506 g/mol. The van der Waals surface area contributed by atoms with Crippen LogP contribution in [0.2, 0.25) is 0 Å². The Kier molecular flexibility index (Phi) is 5.62. The highest BCUT2D eigenvalue weighted by Crippen LogP contribution is 2.50. The number of esters is 1. The molecule has 0 radical (unpaired) electrons. The number of carbonyl (C=O) groups is 1. The van der Waals surface area contributed by atoms with Crippen molar-refractivity contribution in [2.45, 2.75) is 37.4 Å². The van der Waals surface area contributed by atoms with E-state index in [1.165, 1.54) is 7.11 Å². The highest BCUT2D eigenvalue weighted by molar-refractivity contribution is 5.97. The van der Waals surface area contributed by atoms with Crippen molar-refractivity contribution in [3.63, 3.8) is 0 Å². The number of hydrogen-bond donors (Lipinski definition) is 1. The van der Waals surface area contributed by atoms with Crippen LogP contribution >= 0.6 is 0 Å². The van der Waals surface area contributed by atoms with Crippen LogP contribution in [0.1, 0.15) is 51.7 Å². The smallest absolute Gasteiger partial charge is 0.422 e. The minimum absolute atomic E-state index is 0.0271. The van der Waals surface area contributed by atoms with Crippen LogP contribution in [0.3, 0.4) is 0 Å². The van der Waals surface area contributed by atoms with Gasteiger partial charge in [-0.05, 0) is 72.4 Å². The van der Waals surface area contributed by atoms with E-state index in [4.69, 9.17) is 9.47 Å². The van der Waals surface area contributed by atoms with E-state index < -0.39 is 12.8 Å². The Morgan fingerprint density at radius 3 is 2.68 bits per heavy atom. The predicted molar refractivity (Wildman–Crippen MR) is 135 cm³/mol. The van der Waals surface area contributed by atoms with E-state index in [0.29, 0.717) is 29.5 Å². The minimum Gasteiger partial charge on any atom is -0.484 e. The number of nitrogens with one attached hydrogen (secondary N) is 1. The number of nitrogens with zero attached hydrogens (tertiary/aromatic N) is 1. The first-order valence-electron chi connectivity index (χ1n) is 12.2. The van der Waals surface area contributed by atoms with Crippen molar-refractivity contribution in [2.24, 2.45) is 0 Å². The topological polar surface area (TPSA) is 52.5 Å². The number of anilines is 2. The Morgan fingerprint density at radius 1 is 1.08 bits per heavy atom. The molecule has 1 saturated carbocycles. The normalized spacial score (nSPS) is 16.4. The summed E-state index contributed by atoms with van der Waals surface area (Å²) in [6.45, 7) is -0.674. The Labute approximate surface area is 211 Å². The van der Waals surface area contributed by atoms with E-state index in [0.717, 1.165) is 46.1 Å². The van der Waals surface area contributed by atoms with Crippen LogP contribution in [-0.4, -0.2) is 30.4 Å². The number of hydrogen-bond acceptors (Lipinski definition) is 4. The van der Waals surface area contributed by atoms with Gasteiger partial charge in [0.15, 0.2) is 6.61 Å². The summed E-state index contributed by atoms with van der Waals surface area (Å²) in [7, 11) is 1.38. The maximum absolute atomic E-state index is 12.6. The Morgan fingerprint density at radius 2 is 1.92 bits per heavy atom. The van der Waals surface area contributed by atoms with Crippen molar-refractivity contribution in [3.05, 3.63) is 89.1 Å². The van der Waals surface area contributed by atoms with Gasteiger partial charge in [0.2, 0.25) is 0 Å². The third-order valence-corrected chi connectivity index (χ3v) is 7.06. The molecule has 3 aromatic carbocycles. The van der Waals surface area contributed by atoms with Gasteiger partial charge in [-0.3, -0.25) is 0 Å². The number of rotatable bonds is 8. The van der Waals surface area contributed by atoms with E-state index in [2.05, 4.69) is 16.0 Å². The predicted octanol–water partition coefficient (Wildman–Crippen LogP) is 7.14. The third kappa shape index (κ3) is 4.75. The van der Waals surface area contributed by atoms with Gasteiger partial charge in [0.1, 0.15) is 5.75 Å². The zero-order chi connectivity index (χ0) is 25.7. The second-order valence-corrected chi connectivity index (χ2v) is 9.65. The molecule has 2 aliphatic carbocycles. The number of benzene rings is 3. The number of methoxy groups -OCH3 is 1. The van der Waals surface area contributed by atoms with Gasteiger partial charge in [0.25, 0.3) is 0 Å². The summed E-state index contributed by atoms with van der Waals surface area (Å²) in [6.07, 6.45) is -0.0933. The number of halogens is 3. The molecule has 4 aromatic rings. The summed E-state index contributed by atoms with van der Waals surface area (Å²) < 4.78 is 50.0. The van der Waals surface area contributed by atoms with Crippen molar-refractivity contribution < 1.29 is 27.4 Å². The standard InChI is InChI=1S/C29H25F3N2O3/c1-36-28(35)22-14-18(17-5-6-17)7-9-24(22)33-20-8-10-25-19(13-20)11-12-34(25)15-23-21-3-2-4-26(27(21)23)37-16-29(30,31)32/h2-4,7-14,17,23,33H,5-6,15-16H2,1H3. The summed E-state index contributed by atoms with van der Waals surface area (Å²) in [4.78, 5) is 12.4. The maximum Gasteiger partial charge on any atom is 0.422 e. The lowest BCUT2D eigenvalue weighted by atomic mass is 10.0. The fourth-order valence-corrected chi connectivity index (χ4v) is 5.02. The Balaban J connectivity index is 1.20. The van der Waals surface area contributed by atoms with Crippen LogP contribution in [0.4, 0.5) is 24.5 Å². The molecule has 2 aliphatic rings. The zero-order valence-corrected chi connectivity index (χ0v) is 20.1. The second kappa shape index (κ2) is 8.87. The molecule has 0 amide bonds. The van der Waals surface area contributed by atoms with Gasteiger partial charge >= 0.3 is 12.1 Å². The molecule has 1 N–H and O–H groups in total. The lowest BCUT2D eigenvalue weighted by Crippen LogP contribution is -2.19. The van der Waals surface area contributed by atoms with Gasteiger partial charge in [-0.2, -0.15) is 13.2 Å². The van der Waals surface area contributed by atoms with Crippen LogP contribution in [-0.2, 0) is 11.3 Å². The van der Waals surface area contributed by atoms with Crippen LogP contribution in [0.5, 0.6) is 5.75 Å². The third-order valence-electron chi connectivity index (χ3n) is 7.06. The molecule has 190 valence electrons. The molecule has 0 spiro atoms. The van der Waals surface area contributed by atoms with Gasteiger partial charge in [0.05, 0.1) is 18.4 Å². The van der Waals surface area contributed by atoms with E-state index >= 15 is 0 Å². The molecule has 6 rings (SSSR count). The fraction of sp³-hybridized carbons (Fsp3) is 0.276. The SMILES string of the molecule is COC(=O)c1cc(C2CC2)ccc1Nc1ccc2c(ccn2CC2c3cccc(OCC(F)(F)F)c32)c1. The second-order valence-electron chi connectivity index (χ2n) is 9.65. The maximum atomic E-state index is 12.6. The number of aromatic nitrogens is 1. The van der Waals surface area contributed by atoms with E-state index in [1.807, 2.05) is 48.7 Å². The van der Waals surface area contributed by atoms with Crippen molar-refractivity contribution in [1.29, 1.82) is 0 Å². The molecule has 1 fully saturated rings. The highest BCUT2D eigenvalue weighted by atomic mass is 19.4. The lowest BCUT2D eigenvalue weighted by molar-refractivity contribution is -0.153. The van der Waals surface area contributed by atoms with Crippen molar-refractivity contribution in [2.75, 3.05) is 19.0 Å². The molecule has 1 heterocycles. The highest BCUT2D eigenvalue weighted by Gasteiger charge is 2.38. The molecule has 1 aromatic heterocycles. The van der Waals surface area contributed by atoms with Crippen molar-refractivity contribution in [1.82, 2.24) is 4.57 Å². The molecular weight excluding hydrogens is 481 g/mol. The zero-order valence-electron chi connectivity index (χ0n) is 20.1. The Hall–Kier alpha value is -3.94. The van der Waals surface area contributed by atoms with Crippen molar-refractivity contribution >= 4 is 28.2 Å². The summed E-state index contributed by atoms with van der Waals surface area (Å²) >= 11 is 0. The molecule has 0 aliphatic heterocycles. The molecule has 0 saturated heterocycles. The number of alkyl halides is 3. The van der Waals surface area contributed by atoms with Gasteiger partial charge in [-0.1, -0.05) is 18.2 Å². The fourth-order valence-electron chi connectivity index (χ4n) is 5.02. The number of fused-ring (bicyclic) bond motifs is 2.